The molecule has 2 heterocycles. The van der Waals surface area contributed by atoms with Gasteiger partial charge in [-0.25, -0.2) is 4.98 Å². The Labute approximate surface area is 189 Å². The number of fused-ring (bicyclic) bond motifs is 1. The Kier molecular flexibility index (Phi) is 6.79. The van der Waals surface area contributed by atoms with E-state index in [-0.39, 0.29) is 5.75 Å². The summed E-state index contributed by atoms with van der Waals surface area (Å²) in [5.41, 5.74) is 9.58. The SMILES string of the molecule is CCC(CC)n1cnc2c(NCc3cc(C)ccc3O)nc(NC3CCC(N)CC3)nc21. The quantitative estimate of drug-likeness (QED) is 0.410. The number of phenolic OH excluding ortho intramolecular Hbond substituents is 1. The normalized spacial score (nSPS) is 18.9. The average molecular weight is 438 g/mol. The van der Waals surface area contributed by atoms with Gasteiger partial charge in [0.25, 0.3) is 0 Å². The maximum Gasteiger partial charge on any atom is 0.227 e. The van der Waals surface area contributed by atoms with Crippen molar-refractivity contribution in [2.75, 3.05) is 10.6 Å². The molecule has 0 atom stereocenters. The fourth-order valence-electron chi connectivity index (χ4n) is 4.53. The molecule has 0 unspecified atom stereocenters. The molecule has 0 amide bonds. The molecule has 32 heavy (non-hydrogen) atoms. The summed E-state index contributed by atoms with van der Waals surface area (Å²) >= 11 is 0. The van der Waals surface area contributed by atoms with E-state index in [1.807, 2.05) is 25.4 Å². The first-order valence-electron chi connectivity index (χ1n) is 11.8. The Morgan fingerprint density at radius 2 is 1.91 bits per heavy atom. The first-order valence-corrected chi connectivity index (χ1v) is 11.8. The zero-order valence-corrected chi connectivity index (χ0v) is 19.3. The number of aromatic nitrogens is 4. The summed E-state index contributed by atoms with van der Waals surface area (Å²) in [4.78, 5) is 14.3. The second-order valence-corrected chi connectivity index (χ2v) is 8.93. The molecule has 1 aliphatic carbocycles. The van der Waals surface area contributed by atoms with Crippen LogP contribution in [0.2, 0.25) is 0 Å². The average Bonchev–Trinajstić information content (AvgIpc) is 3.21. The molecule has 0 saturated heterocycles. The highest BCUT2D eigenvalue weighted by atomic mass is 16.3. The Morgan fingerprint density at radius 1 is 1.16 bits per heavy atom. The molecule has 4 rings (SSSR count). The van der Waals surface area contributed by atoms with Gasteiger partial charge in [-0.15, -0.1) is 0 Å². The number of aryl methyl sites for hydroxylation is 1. The largest absolute Gasteiger partial charge is 0.508 e. The maximum absolute atomic E-state index is 10.2. The molecule has 8 heteroatoms. The predicted molar refractivity (Wildman–Crippen MR) is 129 cm³/mol. The molecule has 1 aromatic carbocycles. The van der Waals surface area contributed by atoms with Crippen LogP contribution in [0.25, 0.3) is 11.2 Å². The summed E-state index contributed by atoms with van der Waals surface area (Å²) in [6.07, 6.45) is 7.97. The number of aromatic hydroxyl groups is 1. The summed E-state index contributed by atoms with van der Waals surface area (Å²) in [7, 11) is 0. The van der Waals surface area contributed by atoms with Gasteiger partial charge in [-0.05, 0) is 51.5 Å². The van der Waals surface area contributed by atoms with Crippen molar-refractivity contribution < 1.29 is 5.11 Å². The van der Waals surface area contributed by atoms with Crippen LogP contribution in [0.1, 0.15) is 69.5 Å². The van der Waals surface area contributed by atoms with Gasteiger partial charge in [0.05, 0.1) is 6.33 Å². The van der Waals surface area contributed by atoms with Gasteiger partial charge in [-0.3, -0.25) is 0 Å². The third-order valence-corrected chi connectivity index (χ3v) is 6.54. The highest BCUT2D eigenvalue weighted by molar-refractivity contribution is 5.84. The van der Waals surface area contributed by atoms with Crippen LogP contribution in [0.4, 0.5) is 11.8 Å². The van der Waals surface area contributed by atoms with E-state index < -0.39 is 0 Å². The van der Waals surface area contributed by atoms with Gasteiger partial charge in [-0.2, -0.15) is 9.97 Å². The highest BCUT2D eigenvalue weighted by Crippen LogP contribution is 2.28. The van der Waals surface area contributed by atoms with Gasteiger partial charge < -0.3 is 26.0 Å². The van der Waals surface area contributed by atoms with Gasteiger partial charge in [0.15, 0.2) is 17.0 Å². The Balaban J connectivity index is 1.66. The summed E-state index contributed by atoms with van der Waals surface area (Å²) in [6, 6.07) is 6.57. The molecule has 5 N–H and O–H groups in total. The van der Waals surface area contributed by atoms with E-state index in [1.54, 1.807) is 6.07 Å². The number of hydrogen-bond acceptors (Lipinski definition) is 7. The van der Waals surface area contributed by atoms with Crippen LogP contribution in [-0.2, 0) is 6.54 Å². The summed E-state index contributed by atoms with van der Waals surface area (Å²) in [6.45, 7) is 6.84. The van der Waals surface area contributed by atoms with Gasteiger partial charge in [0.2, 0.25) is 5.95 Å². The monoisotopic (exact) mass is 437 g/mol. The second-order valence-electron chi connectivity index (χ2n) is 8.93. The third kappa shape index (κ3) is 4.80. The number of hydrogen-bond donors (Lipinski definition) is 4. The maximum atomic E-state index is 10.2. The van der Waals surface area contributed by atoms with Crippen LogP contribution >= 0.6 is 0 Å². The van der Waals surface area contributed by atoms with Gasteiger partial charge in [0, 0.05) is 30.2 Å². The smallest absolute Gasteiger partial charge is 0.227 e. The van der Waals surface area contributed by atoms with Crippen LogP contribution in [0, 0.1) is 6.92 Å². The van der Waals surface area contributed by atoms with Gasteiger partial charge in [0.1, 0.15) is 5.75 Å². The van der Waals surface area contributed by atoms with Crippen LogP contribution in [-0.4, -0.2) is 36.7 Å². The van der Waals surface area contributed by atoms with E-state index in [9.17, 15) is 5.11 Å². The second kappa shape index (κ2) is 9.73. The van der Waals surface area contributed by atoms with Crippen LogP contribution < -0.4 is 16.4 Å². The first-order chi connectivity index (χ1) is 15.5. The molecular weight excluding hydrogens is 402 g/mol. The molecule has 1 fully saturated rings. The third-order valence-electron chi connectivity index (χ3n) is 6.54. The summed E-state index contributed by atoms with van der Waals surface area (Å²) in [5.74, 6) is 1.56. The lowest BCUT2D eigenvalue weighted by Gasteiger charge is -2.27. The molecular formula is C24H35N7O. The molecule has 1 aliphatic rings. The molecule has 0 bridgehead atoms. The van der Waals surface area contributed by atoms with E-state index in [2.05, 4.69) is 34.0 Å². The van der Waals surface area contributed by atoms with Crippen molar-refractivity contribution in [3.05, 3.63) is 35.7 Å². The number of nitrogens with zero attached hydrogens (tertiary/aromatic N) is 4. The molecule has 1 saturated carbocycles. The number of anilines is 2. The Hall–Kier alpha value is -2.87. The van der Waals surface area contributed by atoms with Crippen LogP contribution in [0.3, 0.4) is 0 Å². The molecule has 8 nitrogen and oxygen atoms in total. The minimum absolute atomic E-state index is 0.271. The fraction of sp³-hybridized carbons (Fsp3) is 0.542. The lowest BCUT2D eigenvalue weighted by atomic mass is 9.92. The van der Waals surface area contributed by atoms with Gasteiger partial charge in [-0.1, -0.05) is 31.5 Å². The molecule has 0 aliphatic heterocycles. The van der Waals surface area contributed by atoms with E-state index in [0.29, 0.717) is 36.4 Å². The zero-order valence-electron chi connectivity index (χ0n) is 19.3. The van der Waals surface area contributed by atoms with Crippen LogP contribution in [0.5, 0.6) is 5.75 Å². The number of nitrogens with two attached hydrogens (primary N) is 1. The lowest BCUT2D eigenvalue weighted by molar-refractivity contribution is 0.410. The minimum atomic E-state index is 0.271. The molecule has 0 radical (unpaired) electrons. The zero-order chi connectivity index (χ0) is 22.7. The van der Waals surface area contributed by atoms with Crippen LogP contribution in [0.15, 0.2) is 24.5 Å². The molecule has 172 valence electrons. The minimum Gasteiger partial charge on any atom is -0.508 e. The van der Waals surface area contributed by atoms with Crippen molar-refractivity contribution >= 4 is 22.9 Å². The lowest BCUT2D eigenvalue weighted by Crippen LogP contribution is -2.33. The first kappa shape index (κ1) is 22.3. The highest BCUT2D eigenvalue weighted by Gasteiger charge is 2.22. The standard InChI is InChI=1S/C24H35N7O/c1-4-19(5-2)31-14-27-21-22(26-13-16-12-15(3)6-11-20(16)32)29-24(30-23(21)31)28-18-9-7-17(25)8-10-18/h6,11-12,14,17-19,32H,4-5,7-10,13,25H2,1-3H3,(H2,26,28,29,30). The summed E-state index contributed by atoms with van der Waals surface area (Å²) in [5, 5.41) is 17.2. The van der Waals surface area contributed by atoms with E-state index >= 15 is 0 Å². The van der Waals surface area contributed by atoms with Crippen molar-refractivity contribution in [2.45, 2.75) is 84.0 Å². The topological polar surface area (TPSA) is 114 Å². The molecule has 2 aromatic heterocycles. The van der Waals surface area contributed by atoms with Crippen molar-refractivity contribution in [2.24, 2.45) is 5.73 Å². The van der Waals surface area contributed by atoms with E-state index in [1.165, 1.54) is 0 Å². The van der Waals surface area contributed by atoms with E-state index in [4.69, 9.17) is 15.7 Å². The summed E-state index contributed by atoms with van der Waals surface area (Å²) < 4.78 is 2.16. The Bertz CT molecular complexity index is 1050. The number of benzene rings is 1. The van der Waals surface area contributed by atoms with Crippen molar-refractivity contribution in [1.82, 2.24) is 19.5 Å². The number of imidazole rings is 1. The van der Waals surface area contributed by atoms with Crippen molar-refractivity contribution in [3.63, 3.8) is 0 Å². The van der Waals surface area contributed by atoms with Crippen molar-refractivity contribution in [3.8, 4) is 5.75 Å². The predicted octanol–water partition coefficient (Wildman–Crippen LogP) is 4.50. The molecule has 0 spiro atoms. The number of nitrogens with one attached hydrogen (secondary N) is 2. The number of phenols is 1. The fourth-order valence-corrected chi connectivity index (χ4v) is 4.53. The molecule has 3 aromatic rings. The van der Waals surface area contributed by atoms with Crippen molar-refractivity contribution in [1.29, 1.82) is 0 Å². The van der Waals surface area contributed by atoms with Gasteiger partial charge >= 0.3 is 0 Å². The Morgan fingerprint density at radius 3 is 2.62 bits per heavy atom. The number of rotatable bonds is 8. The van der Waals surface area contributed by atoms with E-state index in [0.717, 1.165) is 60.8 Å².